The van der Waals surface area contributed by atoms with E-state index in [1.807, 2.05) is 0 Å². The molecule has 104 valence electrons. The first kappa shape index (κ1) is 15.0. The van der Waals surface area contributed by atoms with E-state index in [-0.39, 0.29) is 25.0 Å². The van der Waals surface area contributed by atoms with E-state index in [9.17, 15) is 22.8 Å². The van der Waals surface area contributed by atoms with Crippen LogP contribution in [0.2, 0.25) is 0 Å². The molecule has 0 aliphatic carbocycles. The van der Waals surface area contributed by atoms with Crippen LogP contribution in [0.4, 0.5) is 13.2 Å². The average Bonchev–Trinajstić information content (AvgIpc) is 2.33. The molecule has 0 radical (unpaired) electrons. The van der Waals surface area contributed by atoms with Gasteiger partial charge in [0.2, 0.25) is 0 Å². The molecular weight excluding hydrogens is 265 g/mol. The predicted octanol–water partition coefficient (Wildman–Crippen LogP) is 2.73. The number of carbonyl (C=O) groups is 2. The molecule has 4 nitrogen and oxygen atoms in total. The Balaban J connectivity index is 2.60. The van der Waals surface area contributed by atoms with Crippen LogP contribution in [0, 0.1) is 0 Å². The molecule has 0 aliphatic heterocycles. The number of hydrogen-bond donors (Lipinski definition) is 1. The fourth-order valence-corrected chi connectivity index (χ4v) is 1.29. The lowest BCUT2D eigenvalue weighted by molar-refractivity contribution is -0.138. The lowest BCUT2D eigenvalue weighted by Gasteiger charge is -2.08. The topological polar surface area (TPSA) is 63.6 Å². The molecule has 1 rings (SSSR count). The van der Waals surface area contributed by atoms with Crippen molar-refractivity contribution in [1.29, 1.82) is 0 Å². The quantitative estimate of drug-likeness (QED) is 0.663. The van der Waals surface area contributed by atoms with Crippen LogP contribution in [0.1, 0.15) is 28.8 Å². The van der Waals surface area contributed by atoms with Crippen molar-refractivity contribution in [3.63, 3.8) is 0 Å². The van der Waals surface area contributed by atoms with Gasteiger partial charge in [0, 0.05) is 6.42 Å². The first-order valence-corrected chi connectivity index (χ1v) is 5.37. The molecule has 0 atom stereocenters. The van der Waals surface area contributed by atoms with Crippen LogP contribution in [0.15, 0.2) is 24.3 Å². The maximum Gasteiger partial charge on any atom is 0.416 e. The van der Waals surface area contributed by atoms with Gasteiger partial charge in [-0.1, -0.05) is 6.07 Å². The molecule has 0 unspecified atom stereocenters. The minimum atomic E-state index is -4.53. The van der Waals surface area contributed by atoms with Crippen molar-refractivity contribution in [2.45, 2.75) is 19.0 Å². The van der Waals surface area contributed by atoms with Gasteiger partial charge in [0.05, 0.1) is 17.7 Å². The molecule has 0 aromatic heterocycles. The van der Waals surface area contributed by atoms with Crippen LogP contribution in [0.25, 0.3) is 0 Å². The van der Waals surface area contributed by atoms with Gasteiger partial charge in [0.25, 0.3) is 0 Å². The minimum absolute atomic E-state index is 0.111. The van der Waals surface area contributed by atoms with E-state index in [4.69, 9.17) is 5.11 Å². The number of carbonyl (C=O) groups excluding carboxylic acids is 1. The van der Waals surface area contributed by atoms with Crippen molar-refractivity contribution < 1.29 is 32.6 Å². The fourth-order valence-electron chi connectivity index (χ4n) is 1.29. The number of benzene rings is 1. The molecular formula is C12H11F3O4. The number of ether oxygens (including phenoxy) is 1. The second-order valence-corrected chi connectivity index (χ2v) is 3.71. The zero-order chi connectivity index (χ0) is 14.5. The monoisotopic (exact) mass is 276 g/mol. The van der Waals surface area contributed by atoms with E-state index in [1.165, 1.54) is 6.07 Å². The highest BCUT2D eigenvalue weighted by Crippen LogP contribution is 2.29. The summed E-state index contributed by atoms with van der Waals surface area (Å²) in [6, 6.07) is 3.85. The number of esters is 1. The Morgan fingerprint density at radius 1 is 1.26 bits per heavy atom. The summed E-state index contributed by atoms with van der Waals surface area (Å²) in [5.41, 5.74) is -1.15. The molecule has 0 heterocycles. The second kappa shape index (κ2) is 6.21. The summed E-state index contributed by atoms with van der Waals surface area (Å²) in [6.07, 6.45) is -4.59. The molecule has 1 aromatic carbocycles. The third kappa shape index (κ3) is 4.99. The van der Waals surface area contributed by atoms with Crippen LogP contribution >= 0.6 is 0 Å². The number of hydrogen-bond acceptors (Lipinski definition) is 3. The first-order valence-electron chi connectivity index (χ1n) is 5.37. The molecule has 0 saturated heterocycles. The van der Waals surface area contributed by atoms with Gasteiger partial charge in [-0.15, -0.1) is 0 Å². The standard InChI is InChI=1S/C12H11F3O4/c13-12(14,15)9-4-1-3-8(7-9)11(18)19-6-2-5-10(16)17/h1,3-4,7H,2,5-6H2,(H,16,17). The van der Waals surface area contributed by atoms with E-state index < -0.39 is 23.7 Å². The van der Waals surface area contributed by atoms with Crippen molar-refractivity contribution in [1.82, 2.24) is 0 Å². The van der Waals surface area contributed by atoms with E-state index in [1.54, 1.807) is 0 Å². The molecule has 0 amide bonds. The van der Waals surface area contributed by atoms with Crippen molar-refractivity contribution in [2.75, 3.05) is 6.61 Å². The van der Waals surface area contributed by atoms with Gasteiger partial charge < -0.3 is 9.84 Å². The summed E-state index contributed by atoms with van der Waals surface area (Å²) in [5.74, 6) is -1.94. The molecule has 19 heavy (non-hydrogen) atoms. The fraction of sp³-hybridized carbons (Fsp3) is 0.333. The Bertz CT molecular complexity index is 468. The molecule has 1 N–H and O–H groups in total. The van der Waals surface area contributed by atoms with E-state index in [0.29, 0.717) is 6.07 Å². The number of carboxylic acids is 1. The number of aliphatic carboxylic acids is 1. The Morgan fingerprint density at radius 3 is 2.53 bits per heavy atom. The Labute approximate surface area is 106 Å². The maximum atomic E-state index is 12.4. The summed E-state index contributed by atoms with van der Waals surface area (Å²) in [5, 5.41) is 8.36. The van der Waals surface area contributed by atoms with Crippen LogP contribution in [-0.2, 0) is 15.7 Å². The number of rotatable bonds is 5. The smallest absolute Gasteiger partial charge is 0.416 e. The zero-order valence-electron chi connectivity index (χ0n) is 9.74. The number of carboxylic acid groups (broad SMARTS) is 1. The lowest BCUT2D eigenvalue weighted by Crippen LogP contribution is -2.10. The highest BCUT2D eigenvalue weighted by Gasteiger charge is 2.31. The van der Waals surface area contributed by atoms with Crippen molar-refractivity contribution in [2.24, 2.45) is 0 Å². The van der Waals surface area contributed by atoms with Gasteiger partial charge in [0.15, 0.2) is 0 Å². The summed E-state index contributed by atoms with van der Waals surface area (Å²) < 4.78 is 41.9. The van der Waals surface area contributed by atoms with Crippen LogP contribution in [0.3, 0.4) is 0 Å². The zero-order valence-corrected chi connectivity index (χ0v) is 9.74. The molecule has 0 bridgehead atoms. The Morgan fingerprint density at radius 2 is 1.95 bits per heavy atom. The molecule has 0 fully saturated rings. The van der Waals surface area contributed by atoms with Crippen molar-refractivity contribution >= 4 is 11.9 Å². The summed E-state index contributed by atoms with van der Waals surface area (Å²) >= 11 is 0. The summed E-state index contributed by atoms with van der Waals surface area (Å²) in [4.78, 5) is 21.6. The molecule has 1 aromatic rings. The van der Waals surface area contributed by atoms with Gasteiger partial charge in [-0.2, -0.15) is 13.2 Å². The van der Waals surface area contributed by atoms with E-state index in [0.717, 1.165) is 12.1 Å². The van der Waals surface area contributed by atoms with E-state index in [2.05, 4.69) is 4.74 Å². The van der Waals surface area contributed by atoms with Crippen molar-refractivity contribution in [3.8, 4) is 0 Å². The van der Waals surface area contributed by atoms with Gasteiger partial charge in [-0.05, 0) is 24.6 Å². The van der Waals surface area contributed by atoms with Gasteiger partial charge in [0.1, 0.15) is 0 Å². The minimum Gasteiger partial charge on any atom is -0.481 e. The van der Waals surface area contributed by atoms with E-state index >= 15 is 0 Å². The largest absolute Gasteiger partial charge is 0.481 e. The highest BCUT2D eigenvalue weighted by molar-refractivity contribution is 5.89. The summed E-state index contributed by atoms with van der Waals surface area (Å²) in [6.45, 7) is -0.151. The third-order valence-electron chi connectivity index (χ3n) is 2.19. The number of halogens is 3. The average molecular weight is 276 g/mol. The third-order valence-corrected chi connectivity index (χ3v) is 2.19. The SMILES string of the molecule is O=C(O)CCCOC(=O)c1cccc(C(F)(F)F)c1. The Hall–Kier alpha value is -2.05. The Kier molecular flexibility index (Phi) is 4.91. The first-order chi connectivity index (χ1) is 8.80. The van der Waals surface area contributed by atoms with Gasteiger partial charge in [-0.25, -0.2) is 4.79 Å². The molecule has 0 spiro atoms. The molecule has 0 aliphatic rings. The normalized spacial score (nSPS) is 11.1. The van der Waals surface area contributed by atoms with Crippen LogP contribution in [-0.4, -0.2) is 23.7 Å². The predicted molar refractivity (Wildman–Crippen MR) is 58.6 cm³/mol. The maximum absolute atomic E-state index is 12.4. The van der Waals surface area contributed by atoms with Crippen LogP contribution < -0.4 is 0 Å². The highest BCUT2D eigenvalue weighted by atomic mass is 19.4. The van der Waals surface area contributed by atoms with Gasteiger partial charge >= 0.3 is 18.1 Å². The second-order valence-electron chi connectivity index (χ2n) is 3.71. The van der Waals surface area contributed by atoms with Gasteiger partial charge in [-0.3, -0.25) is 4.79 Å². The summed E-state index contributed by atoms with van der Waals surface area (Å²) in [7, 11) is 0. The van der Waals surface area contributed by atoms with Crippen LogP contribution in [0.5, 0.6) is 0 Å². The molecule has 7 heteroatoms. The van der Waals surface area contributed by atoms with Crippen molar-refractivity contribution in [3.05, 3.63) is 35.4 Å². The number of alkyl halides is 3. The molecule has 0 saturated carbocycles. The lowest BCUT2D eigenvalue weighted by atomic mass is 10.1.